The van der Waals surface area contributed by atoms with Gasteiger partial charge in [0, 0.05) is 5.56 Å². The van der Waals surface area contributed by atoms with Gasteiger partial charge in [-0.2, -0.15) is 5.26 Å². The zero-order valence-electron chi connectivity index (χ0n) is 8.80. The first-order chi connectivity index (χ1) is 7.67. The molecule has 4 heteroatoms. The molecule has 0 aromatic heterocycles. The number of carbonyl (C=O) groups excluding carboxylic acids is 1. The summed E-state index contributed by atoms with van der Waals surface area (Å²) in [6.45, 7) is 1.94. The second kappa shape index (κ2) is 5.56. The third kappa shape index (κ3) is 3.14. The molecule has 0 radical (unpaired) electrons. The predicted molar refractivity (Wildman–Crippen MR) is 58.4 cm³/mol. The van der Waals surface area contributed by atoms with E-state index in [1.807, 2.05) is 6.07 Å². The van der Waals surface area contributed by atoms with Gasteiger partial charge >= 0.3 is 5.97 Å². The van der Waals surface area contributed by atoms with E-state index < -0.39 is 5.97 Å². The molecule has 0 unspecified atom stereocenters. The fourth-order valence-electron chi connectivity index (χ4n) is 1.09. The molecule has 1 N–H and O–H groups in total. The minimum Gasteiger partial charge on any atom is -0.507 e. The van der Waals surface area contributed by atoms with E-state index in [-0.39, 0.29) is 12.4 Å². The second-order valence-electron chi connectivity index (χ2n) is 2.97. The molecule has 0 aliphatic rings. The van der Waals surface area contributed by atoms with Crippen LogP contribution in [-0.4, -0.2) is 17.7 Å². The summed E-state index contributed by atoms with van der Waals surface area (Å²) in [5.41, 5.74) is 0.958. The van der Waals surface area contributed by atoms with E-state index in [1.165, 1.54) is 0 Å². The van der Waals surface area contributed by atoms with Gasteiger partial charge in [-0.3, -0.25) is 0 Å². The highest BCUT2D eigenvalue weighted by Gasteiger charge is 2.03. The second-order valence-corrected chi connectivity index (χ2v) is 2.97. The zero-order chi connectivity index (χ0) is 12.0. The molecule has 0 saturated heterocycles. The van der Waals surface area contributed by atoms with E-state index in [9.17, 15) is 9.90 Å². The van der Waals surface area contributed by atoms with E-state index in [4.69, 9.17) is 5.26 Å². The molecular formula is C12H11NO3. The first-order valence-electron chi connectivity index (χ1n) is 4.75. The van der Waals surface area contributed by atoms with Crippen LogP contribution in [0.15, 0.2) is 30.3 Å². The van der Waals surface area contributed by atoms with Crippen molar-refractivity contribution in [2.45, 2.75) is 6.92 Å². The summed E-state index contributed by atoms with van der Waals surface area (Å²) < 4.78 is 4.65. The third-order valence-corrected chi connectivity index (χ3v) is 1.85. The fourth-order valence-corrected chi connectivity index (χ4v) is 1.09. The van der Waals surface area contributed by atoms with Crippen LogP contribution in [0.5, 0.6) is 0 Å². The van der Waals surface area contributed by atoms with Crippen molar-refractivity contribution in [3.8, 4) is 6.07 Å². The molecule has 0 aliphatic heterocycles. The van der Waals surface area contributed by atoms with E-state index in [0.29, 0.717) is 11.1 Å². The standard InChI is InChI=1S/C12H11NO3/c1-2-16-12(15)7-11(14)10-5-3-9(8-13)4-6-10/h3-7,14H,2H2,1H3. The van der Waals surface area contributed by atoms with Crippen molar-refractivity contribution in [3.63, 3.8) is 0 Å². The van der Waals surface area contributed by atoms with Gasteiger partial charge in [-0.1, -0.05) is 0 Å². The van der Waals surface area contributed by atoms with Crippen LogP contribution in [0.2, 0.25) is 0 Å². The van der Waals surface area contributed by atoms with Crippen LogP contribution in [0.25, 0.3) is 5.76 Å². The first kappa shape index (κ1) is 11.8. The average Bonchev–Trinajstić information content (AvgIpc) is 2.29. The molecule has 1 rings (SSSR count). The Morgan fingerprint density at radius 2 is 2.12 bits per heavy atom. The highest BCUT2D eigenvalue weighted by atomic mass is 16.5. The number of aliphatic hydroxyl groups is 1. The van der Waals surface area contributed by atoms with Crippen molar-refractivity contribution in [1.82, 2.24) is 0 Å². The summed E-state index contributed by atoms with van der Waals surface area (Å²) in [7, 11) is 0. The van der Waals surface area contributed by atoms with Gasteiger partial charge in [0.05, 0.1) is 24.3 Å². The molecule has 0 aliphatic carbocycles. The van der Waals surface area contributed by atoms with Gasteiger partial charge in [0.2, 0.25) is 0 Å². The topological polar surface area (TPSA) is 70.3 Å². The Kier molecular flexibility index (Phi) is 4.10. The Morgan fingerprint density at radius 3 is 2.62 bits per heavy atom. The lowest BCUT2D eigenvalue weighted by Crippen LogP contribution is -2.00. The maximum atomic E-state index is 11.0. The van der Waals surface area contributed by atoms with Gasteiger partial charge in [-0.15, -0.1) is 0 Å². The lowest BCUT2D eigenvalue weighted by atomic mass is 10.1. The molecule has 0 saturated carbocycles. The normalized spacial score (nSPS) is 10.6. The van der Waals surface area contributed by atoms with Crippen LogP contribution in [-0.2, 0) is 9.53 Å². The molecule has 0 spiro atoms. The van der Waals surface area contributed by atoms with Gasteiger partial charge in [0.1, 0.15) is 5.76 Å². The number of aliphatic hydroxyl groups excluding tert-OH is 1. The summed E-state index contributed by atoms with van der Waals surface area (Å²) in [5, 5.41) is 18.1. The molecule has 4 nitrogen and oxygen atoms in total. The number of carbonyl (C=O) groups is 1. The van der Waals surface area contributed by atoms with Crippen molar-refractivity contribution >= 4 is 11.7 Å². The Hall–Kier alpha value is -2.28. The van der Waals surface area contributed by atoms with Gasteiger partial charge in [0.15, 0.2) is 0 Å². The van der Waals surface area contributed by atoms with Crippen molar-refractivity contribution in [3.05, 3.63) is 41.5 Å². The lowest BCUT2D eigenvalue weighted by Gasteiger charge is -2.00. The molecule has 1 aromatic rings. The third-order valence-electron chi connectivity index (χ3n) is 1.85. The number of nitrogens with zero attached hydrogens (tertiary/aromatic N) is 1. The van der Waals surface area contributed by atoms with Gasteiger partial charge < -0.3 is 9.84 Å². The molecule has 0 amide bonds. The molecular weight excluding hydrogens is 206 g/mol. The van der Waals surface area contributed by atoms with Crippen LogP contribution in [0.3, 0.4) is 0 Å². The van der Waals surface area contributed by atoms with Crippen LogP contribution in [0.1, 0.15) is 18.1 Å². The van der Waals surface area contributed by atoms with Crippen LogP contribution < -0.4 is 0 Å². The van der Waals surface area contributed by atoms with Gasteiger partial charge in [0.25, 0.3) is 0 Å². The van der Waals surface area contributed by atoms with Gasteiger partial charge in [-0.25, -0.2) is 4.79 Å². The number of hydrogen-bond acceptors (Lipinski definition) is 4. The summed E-state index contributed by atoms with van der Waals surface area (Å²) >= 11 is 0. The van der Waals surface area contributed by atoms with E-state index in [1.54, 1.807) is 31.2 Å². The average molecular weight is 217 g/mol. The molecule has 16 heavy (non-hydrogen) atoms. The molecule has 0 heterocycles. The first-order valence-corrected chi connectivity index (χ1v) is 4.75. The monoisotopic (exact) mass is 217 g/mol. The maximum absolute atomic E-state index is 11.0. The Bertz CT molecular complexity index is 440. The summed E-state index contributed by atoms with van der Waals surface area (Å²) in [4.78, 5) is 11.0. The van der Waals surface area contributed by atoms with E-state index in [2.05, 4.69) is 4.74 Å². The smallest absolute Gasteiger partial charge is 0.334 e. The molecule has 0 fully saturated rings. The number of ether oxygens (including phenoxy) is 1. The summed E-state index contributed by atoms with van der Waals surface area (Å²) in [6, 6.07) is 8.20. The Balaban J connectivity index is 2.84. The van der Waals surface area contributed by atoms with Crippen LogP contribution in [0, 0.1) is 11.3 Å². The molecule has 82 valence electrons. The van der Waals surface area contributed by atoms with Crippen molar-refractivity contribution < 1.29 is 14.6 Å². The van der Waals surface area contributed by atoms with Crippen LogP contribution >= 0.6 is 0 Å². The molecule has 1 aromatic carbocycles. The number of benzene rings is 1. The SMILES string of the molecule is CCOC(=O)C=C(O)c1ccc(C#N)cc1. The quantitative estimate of drug-likeness (QED) is 0.477. The zero-order valence-corrected chi connectivity index (χ0v) is 8.80. The van der Waals surface area contributed by atoms with Gasteiger partial charge in [-0.05, 0) is 31.2 Å². The molecule has 0 bridgehead atoms. The Labute approximate surface area is 93.4 Å². The number of rotatable bonds is 3. The minimum atomic E-state index is -0.593. The molecule has 0 atom stereocenters. The van der Waals surface area contributed by atoms with Crippen LogP contribution in [0.4, 0.5) is 0 Å². The van der Waals surface area contributed by atoms with Crippen molar-refractivity contribution in [2.24, 2.45) is 0 Å². The van der Waals surface area contributed by atoms with E-state index in [0.717, 1.165) is 6.08 Å². The summed E-state index contributed by atoms with van der Waals surface area (Å²) in [5.74, 6) is -0.771. The summed E-state index contributed by atoms with van der Waals surface area (Å²) in [6.07, 6.45) is 1.00. The highest BCUT2D eigenvalue weighted by molar-refractivity contribution is 5.89. The fraction of sp³-hybridized carbons (Fsp3) is 0.167. The minimum absolute atomic E-state index is 0.178. The van der Waals surface area contributed by atoms with Crippen molar-refractivity contribution in [2.75, 3.05) is 6.61 Å². The Morgan fingerprint density at radius 1 is 1.50 bits per heavy atom. The van der Waals surface area contributed by atoms with Crippen molar-refractivity contribution in [1.29, 1.82) is 5.26 Å². The van der Waals surface area contributed by atoms with E-state index >= 15 is 0 Å². The number of esters is 1. The maximum Gasteiger partial charge on any atom is 0.334 e. The lowest BCUT2D eigenvalue weighted by molar-refractivity contribution is -0.137. The largest absolute Gasteiger partial charge is 0.507 e. The number of nitriles is 1. The highest BCUT2D eigenvalue weighted by Crippen LogP contribution is 2.12. The number of hydrogen-bond donors (Lipinski definition) is 1. The predicted octanol–water partition coefficient (Wildman–Crippen LogP) is 2.02.